The van der Waals surface area contributed by atoms with Crippen molar-refractivity contribution in [1.82, 2.24) is 15.1 Å². The van der Waals surface area contributed by atoms with Crippen molar-refractivity contribution in [3.05, 3.63) is 83.9 Å². The molecule has 1 fully saturated rings. The maximum absolute atomic E-state index is 12.7. The maximum Gasteiger partial charge on any atom is 0.260 e. The fourth-order valence-corrected chi connectivity index (χ4v) is 4.28. The lowest BCUT2D eigenvalue weighted by molar-refractivity contribution is -0.133. The predicted octanol–water partition coefficient (Wildman–Crippen LogP) is 4.68. The van der Waals surface area contributed by atoms with E-state index in [4.69, 9.17) is 16.3 Å². The third kappa shape index (κ3) is 4.61. The predicted molar refractivity (Wildman–Crippen MR) is 131 cm³/mol. The second kappa shape index (κ2) is 9.46. The number of piperazine rings is 1. The zero-order valence-electron chi connectivity index (χ0n) is 18.0. The molecule has 7 heteroatoms. The standard InChI is InChI=1S/C26H23ClN4O2/c27-22-10-4-3-9-21(22)23-12-13-25(29-28-23)30-14-16-31(17-15-30)26(32)18-33-24-11-5-7-19-6-1-2-8-20(19)24/h1-13H,14-18H2. The number of fused-ring (bicyclic) bond motifs is 1. The van der Waals surface area contributed by atoms with E-state index in [9.17, 15) is 4.79 Å². The summed E-state index contributed by atoms with van der Waals surface area (Å²) in [6, 6.07) is 25.4. The molecule has 1 aliphatic rings. The second-order valence-electron chi connectivity index (χ2n) is 7.89. The number of ether oxygens (including phenoxy) is 1. The fraction of sp³-hybridized carbons (Fsp3) is 0.192. The van der Waals surface area contributed by atoms with Crippen molar-refractivity contribution >= 4 is 34.1 Å². The Kier molecular flexibility index (Phi) is 6.09. The van der Waals surface area contributed by atoms with Crippen LogP contribution in [0, 0.1) is 0 Å². The summed E-state index contributed by atoms with van der Waals surface area (Å²) in [5, 5.41) is 11.5. The molecule has 33 heavy (non-hydrogen) atoms. The van der Waals surface area contributed by atoms with Crippen LogP contribution < -0.4 is 9.64 Å². The molecule has 0 bridgehead atoms. The lowest BCUT2D eigenvalue weighted by atomic mass is 10.1. The molecule has 5 rings (SSSR count). The smallest absolute Gasteiger partial charge is 0.260 e. The summed E-state index contributed by atoms with van der Waals surface area (Å²) in [5.74, 6) is 1.52. The summed E-state index contributed by atoms with van der Waals surface area (Å²) in [6.07, 6.45) is 0. The third-order valence-corrected chi connectivity index (χ3v) is 6.19. The number of halogens is 1. The number of hydrogen-bond donors (Lipinski definition) is 0. The van der Waals surface area contributed by atoms with Gasteiger partial charge in [-0.3, -0.25) is 4.79 Å². The van der Waals surface area contributed by atoms with Gasteiger partial charge in [0.25, 0.3) is 5.91 Å². The van der Waals surface area contributed by atoms with Gasteiger partial charge in [-0.2, -0.15) is 0 Å². The lowest BCUT2D eigenvalue weighted by Gasteiger charge is -2.35. The number of hydrogen-bond acceptors (Lipinski definition) is 5. The number of carbonyl (C=O) groups excluding carboxylic acids is 1. The molecule has 166 valence electrons. The van der Waals surface area contributed by atoms with E-state index < -0.39 is 0 Å². The topological polar surface area (TPSA) is 58.6 Å². The van der Waals surface area contributed by atoms with Gasteiger partial charge in [-0.1, -0.05) is 66.2 Å². The van der Waals surface area contributed by atoms with Crippen LogP contribution in [0.2, 0.25) is 5.02 Å². The molecule has 1 aliphatic heterocycles. The van der Waals surface area contributed by atoms with Crippen LogP contribution in [0.1, 0.15) is 0 Å². The summed E-state index contributed by atoms with van der Waals surface area (Å²) in [6.45, 7) is 2.65. The number of carbonyl (C=O) groups is 1. The number of anilines is 1. The van der Waals surface area contributed by atoms with Gasteiger partial charge in [0.15, 0.2) is 12.4 Å². The molecule has 0 radical (unpaired) electrons. The fourth-order valence-electron chi connectivity index (χ4n) is 4.04. The minimum Gasteiger partial charge on any atom is -0.483 e. The van der Waals surface area contributed by atoms with E-state index in [-0.39, 0.29) is 12.5 Å². The van der Waals surface area contributed by atoms with Gasteiger partial charge in [-0.05, 0) is 29.7 Å². The molecule has 1 aromatic heterocycles. The Hall–Kier alpha value is -3.64. The highest BCUT2D eigenvalue weighted by Gasteiger charge is 2.22. The van der Waals surface area contributed by atoms with Crippen LogP contribution >= 0.6 is 11.6 Å². The average Bonchev–Trinajstić information content (AvgIpc) is 2.88. The van der Waals surface area contributed by atoms with E-state index in [0.717, 1.165) is 33.6 Å². The molecule has 6 nitrogen and oxygen atoms in total. The molecule has 0 atom stereocenters. The molecule has 0 aliphatic carbocycles. The zero-order chi connectivity index (χ0) is 22.6. The molecular weight excluding hydrogens is 436 g/mol. The Morgan fingerprint density at radius 2 is 1.61 bits per heavy atom. The van der Waals surface area contributed by atoms with Crippen molar-refractivity contribution in [2.24, 2.45) is 0 Å². The molecule has 4 aromatic rings. The number of rotatable bonds is 5. The Morgan fingerprint density at radius 1 is 0.848 bits per heavy atom. The number of aromatic nitrogens is 2. The van der Waals surface area contributed by atoms with E-state index in [1.165, 1.54) is 0 Å². The quantitative estimate of drug-likeness (QED) is 0.434. The SMILES string of the molecule is O=C(COc1cccc2ccccc12)N1CCN(c2ccc(-c3ccccc3Cl)nn2)CC1. The van der Waals surface area contributed by atoms with Crippen LogP contribution in [0.15, 0.2) is 78.9 Å². The van der Waals surface area contributed by atoms with Gasteiger partial charge in [0, 0.05) is 37.1 Å². The van der Waals surface area contributed by atoms with Crippen molar-refractivity contribution in [3.63, 3.8) is 0 Å². The van der Waals surface area contributed by atoms with Gasteiger partial charge in [-0.25, -0.2) is 0 Å². The Morgan fingerprint density at radius 3 is 2.39 bits per heavy atom. The van der Waals surface area contributed by atoms with Crippen LogP contribution in [0.5, 0.6) is 5.75 Å². The summed E-state index contributed by atoms with van der Waals surface area (Å²) in [5.41, 5.74) is 1.60. The largest absolute Gasteiger partial charge is 0.483 e. The van der Waals surface area contributed by atoms with Crippen LogP contribution in [0.3, 0.4) is 0 Å². The molecule has 3 aromatic carbocycles. The zero-order valence-corrected chi connectivity index (χ0v) is 18.8. The summed E-state index contributed by atoms with van der Waals surface area (Å²) in [4.78, 5) is 16.7. The minimum absolute atomic E-state index is 0.0114. The molecular formula is C26H23ClN4O2. The molecule has 0 N–H and O–H groups in total. The van der Waals surface area contributed by atoms with E-state index in [0.29, 0.717) is 31.2 Å². The van der Waals surface area contributed by atoms with Crippen LogP contribution in [0.4, 0.5) is 5.82 Å². The van der Waals surface area contributed by atoms with Crippen molar-refractivity contribution in [3.8, 4) is 17.0 Å². The summed E-state index contributed by atoms with van der Waals surface area (Å²) < 4.78 is 5.87. The van der Waals surface area contributed by atoms with Gasteiger partial charge < -0.3 is 14.5 Å². The normalized spacial score (nSPS) is 13.8. The second-order valence-corrected chi connectivity index (χ2v) is 8.30. The highest BCUT2D eigenvalue weighted by molar-refractivity contribution is 6.33. The van der Waals surface area contributed by atoms with Crippen LogP contribution in [-0.4, -0.2) is 53.8 Å². The molecule has 1 amide bonds. The van der Waals surface area contributed by atoms with Gasteiger partial charge in [0.1, 0.15) is 5.75 Å². The van der Waals surface area contributed by atoms with Crippen molar-refractivity contribution in [2.45, 2.75) is 0 Å². The highest BCUT2D eigenvalue weighted by Crippen LogP contribution is 2.27. The third-order valence-electron chi connectivity index (χ3n) is 5.86. The van der Waals surface area contributed by atoms with E-state index >= 15 is 0 Å². The van der Waals surface area contributed by atoms with Gasteiger partial charge in [-0.15, -0.1) is 10.2 Å². The first kappa shape index (κ1) is 21.2. The average molecular weight is 459 g/mol. The molecule has 0 spiro atoms. The van der Waals surface area contributed by atoms with Crippen molar-refractivity contribution in [1.29, 1.82) is 0 Å². The van der Waals surface area contributed by atoms with Crippen LogP contribution in [-0.2, 0) is 4.79 Å². The Bertz CT molecular complexity index is 1270. The number of amides is 1. The van der Waals surface area contributed by atoms with Gasteiger partial charge >= 0.3 is 0 Å². The summed E-state index contributed by atoms with van der Waals surface area (Å²) >= 11 is 6.26. The summed E-state index contributed by atoms with van der Waals surface area (Å²) in [7, 11) is 0. The first-order chi connectivity index (χ1) is 16.2. The first-order valence-electron chi connectivity index (χ1n) is 10.9. The molecule has 1 saturated heterocycles. The molecule has 0 saturated carbocycles. The van der Waals surface area contributed by atoms with E-state index in [2.05, 4.69) is 15.1 Å². The van der Waals surface area contributed by atoms with Gasteiger partial charge in [0.2, 0.25) is 0 Å². The van der Waals surface area contributed by atoms with Crippen molar-refractivity contribution in [2.75, 3.05) is 37.7 Å². The van der Waals surface area contributed by atoms with E-state index in [1.807, 2.05) is 83.8 Å². The Labute approximate surface area is 197 Å². The number of benzene rings is 3. The number of nitrogens with zero attached hydrogens (tertiary/aromatic N) is 4. The molecule has 2 heterocycles. The Balaban J connectivity index is 1.17. The lowest BCUT2D eigenvalue weighted by Crippen LogP contribution is -2.50. The highest BCUT2D eigenvalue weighted by atomic mass is 35.5. The van der Waals surface area contributed by atoms with Gasteiger partial charge in [0.05, 0.1) is 10.7 Å². The van der Waals surface area contributed by atoms with E-state index in [1.54, 1.807) is 0 Å². The molecule has 0 unspecified atom stereocenters. The van der Waals surface area contributed by atoms with Crippen molar-refractivity contribution < 1.29 is 9.53 Å². The van der Waals surface area contributed by atoms with Crippen LogP contribution in [0.25, 0.3) is 22.0 Å². The first-order valence-corrected chi connectivity index (χ1v) is 11.3. The maximum atomic E-state index is 12.7. The minimum atomic E-state index is -0.0114. The monoisotopic (exact) mass is 458 g/mol.